The topological polar surface area (TPSA) is 67.8 Å². The van der Waals surface area contributed by atoms with E-state index < -0.39 is 0 Å². The number of rotatable bonds is 7. The smallest absolute Gasteiger partial charge is 0.277 e. The summed E-state index contributed by atoms with van der Waals surface area (Å²) in [7, 11) is 0. The summed E-state index contributed by atoms with van der Waals surface area (Å²) >= 11 is 4.43. The second-order valence-corrected chi connectivity index (χ2v) is 10.6. The van der Waals surface area contributed by atoms with E-state index in [1.165, 1.54) is 51.6 Å². The van der Waals surface area contributed by atoms with Crippen LogP contribution in [0.3, 0.4) is 0 Å². The third-order valence-electron chi connectivity index (χ3n) is 4.49. The first-order chi connectivity index (χ1) is 15.5. The predicted octanol–water partition coefficient (Wildman–Crippen LogP) is 6.55. The molecule has 0 spiro atoms. The Hall–Kier alpha value is -2.68. The van der Waals surface area contributed by atoms with Crippen molar-refractivity contribution >= 4 is 45.9 Å². The molecule has 2 heterocycles. The number of hydrogen-bond donors (Lipinski definition) is 1. The van der Waals surface area contributed by atoms with Crippen LogP contribution < -0.4 is 5.32 Å². The lowest BCUT2D eigenvalue weighted by molar-refractivity contribution is 0.101. The van der Waals surface area contributed by atoms with Gasteiger partial charge in [-0.1, -0.05) is 71.0 Å². The van der Waals surface area contributed by atoms with Crippen molar-refractivity contribution in [1.29, 1.82) is 0 Å². The second-order valence-electron chi connectivity index (χ2n) is 7.29. The quantitative estimate of drug-likeness (QED) is 0.240. The van der Waals surface area contributed by atoms with Gasteiger partial charge in [0.1, 0.15) is 5.69 Å². The maximum Gasteiger partial charge on any atom is 0.277 e. The number of nitrogens with one attached hydrogen (secondary N) is 1. The van der Waals surface area contributed by atoms with E-state index in [4.69, 9.17) is 0 Å². The first-order valence-corrected chi connectivity index (χ1v) is 12.6. The number of aryl methyl sites for hydroxylation is 3. The number of thioether (sulfide) groups is 1. The van der Waals surface area contributed by atoms with E-state index in [2.05, 4.69) is 45.4 Å². The van der Waals surface area contributed by atoms with Gasteiger partial charge in [-0.25, -0.2) is 15.0 Å². The van der Waals surface area contributed by atoms with Crippen LogP contribution in [0.2, 0.25) is 0 Å². The molecule has 0 aliphatic heterocycles. The molecule has 0 unspecified atom stereocenters. The highest BCUT2D eigenvalue weighted by molar-refractivity contribution is 7.99. The molecule has 4 aromatic rings. The molecule has 1 amide bonds. The summed E-state index contributed by atoms with van der Waals surface area (Å²) in [4.78, 5) is 29.3. The van der Waals surface area contributed by atoms with Crippen molar-refractivity contribution < 1.29 is 4.79 Å². The van der Waals surface area contributed by atoms with Crippen LogP contribution in [-0.2, 0) is 5.75 Å². The molecule has 2 aromatic heterocycles. The molecule has 0 radical (unpaired) electrons. The first-order valence-electron chi connectivity index (χ1n) is 10.00. The summed E-state index contributed by atoms with van der Waals surface area (Å²) in [6.45, 7) is 6.08. The third kappa shape index (κ3) is 5.97. The van der Waals surface area contributed by atoms with Crippen molar-refractivity contribution in [2.45, 2.75) is 41.5 Å². The van der Waals surface area contributed by atoms with E-state index in [0.29, 0.717) is 20.9 Å². The average molecular weight is 479 g/mol. The van der Waals surface area contributed by atoms with E-state index in [1.54, 1.807) is 12.4 Å². The maximum atomic E-state index is 13.1. The Balaban J connectivity index is 1.59. The summed E-state index contributed by atoms with van der Waals surface area (Å²) in [6, 6.07) is 16.5. The van der Waals surface area contributed by atoms with Crippen LogP contribution in [0.5, 0.6) is 0 Å². The van der Waals surface area contributed by atoms with Gasteiger partial charge in [0.15, 0.2) is 10.3 Å². The number of carbonyl (C=O) groups excluding carboxylic acids is 1. The van der Waals surface area contributed by atoms with E-state index >= 15 is 0 Å². The van der Waals surface area contributed by atoms with Gasteiger partial charge in [-0.15, -0.1) is 11.3 Å². The zero-order chi connectivity index (χ0) is 22.5. The molecular weight excluding hydrogens is 456 g/mol. The Morgan fingerprint density at radius 3 is 2.53 bits per heavy atom. The third-order valence-corrected chi connectivity index (χ3v) is 7.28. The summed E-state index contributed by atoms with van der Waals surface area (Å²) in [5.74, 6) is 0.451. The molecule has 0 saturated carbocycles. The van der Waals surface area contributed by atoms with Gasteiger partial charge in [0, 0.05) is 27.9 Å². The standard InChI is InChI=1S/C24H22N4OS3/c1-15-7-9-19(10-8-15)32-20-13-26-23(30-14-18-6-4-5-16(2)11-18)27-21(20)22(29)28-24-25-12-17(3)31-24/h4-13H,14H2,1-3H3,(H,25,28,29). The van der Waals surface area contributed by atoms with Gasteiger partial charge in [0.05, 0.1) is 4.90 Å². The first kappa shape index (κ1) is 22.5. The maximum absolute atomic E-state index is 13.1. The molecule has 0 fully saturated rings. The highest BCUT2D eigenvalue weighted by Gasteiger charge is 2.18. The van der Waals surface area contributed by atoms with Gasteiger partial charge in [-0.05, 0) is 38.5 Å². The molecule has 162 valence electrons. The minimum Gasteiger partial charge on any atom is -0.296 e. The fourth-order valence-corrected chi connectivity index (χ4v) is 5.20. The highest BCUT2D eigenvalue weighted by atomic mass is 32.2. The molecule has 0 atom stereocenters. The van der Waals surface area contributed by atoms with Crippen molar-refractivity contribution in [3.63, 3.8) is 0 Å². The molecular formula is C24H22N4OS3. The fraction of sp³-hybridized carbons (Fsp3) is 0.167. The zero-order valence-electron chi connectivity index (χ0n) is 18.0. The Morgan fingerprint density at radius 1 is 1.00 bits per heavy atom. The van der Waals surface area contributed by atoms with Gasteiger partial charge in [-0.3, -0.25) is 10.1 Å². The summed E-state index contributed by atoms with van der Waals surface area (Å²) in [5.41, 5.74) is 3.95. The van der Waals surface area contributed by atoms with Crippen molar-refractivity contribution in [3.05, 3.63) is 88.2 Å². The van der Waals surface area contributed by atoms with Gasteiger partial charge in [0.2, 0.25) is 0 Å². The van der Waals surface area contributed by atoms with Crippen LogP contribution in [0.4, 0.5) is 5.13 Å². The minimum absolute atomic E-state index is 0.284. The van der Waals surface area contributed by atoms with Crippen LogP contribution in [0, 0.1) is 20.8 Å². The summed E-state index contributed by atoms with van der Waals surface area (Å²) in [5, 5.41) is 4.01. The van der Waals surface area contributed by atoms with Gasteiger partial charge < -0.3 is 0 Å². The SMILES string of the molecule is Cc1ccc(Sc2cnc(SCc3cccc(C)c3)nc2C(=O)Nc2ncc(C)s2)cc1. The van der Waals surface area contributed by atoms with Gasteiger partial charge in [-0.2, -0.15) is 0 Å². The Morgan fingerprint density at radius 2 is 1.81 bits per heavy atom. The van der Waals surface area contributed by atoms with Crippen LogP contribution >= 0.6 is 34.9 Å². The van der Waals surface area contributed by atoms with Crippen molar-refractivity contribution in [2.75, 3.05) is 5.32 Å². The number of thiazole rings is 1. The molecule has 0 bridgehead atoms. The number of carbonyl (C=O) groups is 1. The molecule has 0 aliphatic carbocycles. The molecule has 5 nitrogen and oxygen atoms in total. The van der Waals surface area contributed by atoms with Gasteiger partial charge >= 0.3 is 0 Å². The number of hydrogen-bond acceptors (Lipinski definition) is 7. The number of amides is 1. The number of anilines is 1. The van der Waals surface area contributed by atoms with E-state index in [9.17, 15) is 4.79 Å². The summed E-state index contributed by atoms with van der Waals surface area (Å²) in [6.07, 6.45) is 3.48. The van der Waals surface area contributed by atoms with E-state index in [-0.39, 0.29) is 5.91 Å². The van der Waals surface area contributed by atoms with Crippen molar-refractivity contribution in [2.24, 2.45) is 0 Å². The Bertz CT molecular complexity index is 1240. The fourth-order valence-electron chi connectivity index (χ4n) is 2.91. The lowest BCUT2D eigenvalue weighted by Crippen LogP contribution is -2.15. The minimum atomic E-state index is -0.284. The largest absolute Gasteiger partial charge is 0.296 e. The lowest BCUT2D eigenvalue weighted by atomic mass is 10.2. The number of nitrogens with zero attached hydrogens (tertiary/aromatic N) is 3. The van der Waals surface area contributed by atoms with Crippen LogP contribution in [0.25, 0.3) is 0 Å². The summed E-state index contributed by atoms with van der Waals surface area (Å²) < 4.78 is 0. The number of benzene rings is 2. The molecule has 8 heteroatoms. The van der Waals surface area contributed by atoms with Gasteiger partial charge in [0.25, 0.3) is 5.91 Å². The van der Waals surface area contributed by atoms with Crippen molar-refractivity contribution in [1.82, 2.24) is 15.0 Å². The molecule has 0 saturated heterocycles. The second kappa shape index (κ2) is 10.3. The van der Waals surface area contributed by atoms with Crippen LogP contribution in [0.1, 0.15) is 32.1 Å². The Labute approximate surface area is 200 Å². The monoisotopic (exact) mass is 478 g/mol. The molecule has 0 aliphatic rings. The van der Waals surface area contributed by atoms with E-state index in [1.807, 2.05) is 44.2 Å². The Kier molecular flexibility index (Phi) is 7.24. The molecule has 1 N–H and O–H groups in total. The number of aromatic nitrogens is 3. The van der Waals surface area contributed by atoms with Crippen molar-refractivity contribution in [3.8, 4) is 0 Å². The molecule has 2 aromatic carbocycles. The predicted molar refractivity (Wildman–Crippen MR) is 133 cm³/mol. The normalized spacial score (nSPS) is 10.8. The van der Waals surface area contributed by atoms with Crippen LogP contribution in [0.15, 0.2) is 75.9 Å². The van der Waals surface area contributed by atoms with Crippen LogP contribution in [-0.4, -0.2) is 20.9 Å². The van der Waals surface area contributed by atoms with E-state index in [0.717, 1.165) is 15.5 Å². The average Bonchev–Trinajstić information content (AvgIpc) is 3.19. The lowest BCUT2D eigenvalue weighted by Gasteiger charge is -2.10. The molecule has 4 rings (SSSR count). The zero-order valence-corrected chi connectivity index (χ0v) is 20.4. The molecule has 32 heavy (non-hydrogen) atoms. The highest BCUT2D eigenvalue weighted by Crippen LogP contribution is 2.32.